The average molecular weight is 363 g/mol. The molecule has 1 aliphatic heterocycles. The second-order valence-corrected chi connectivity index (χ2v) is 6.42. The van der Waals surface area contributed by atoms with Crippen molar-refractivity contribution in [1.29, 1.82) is 0 Å². The van der Waals surface area contributed by atoms with Crippen molar-refractivity contribution in [2.24, 2.45) is 0 Å². The minimum absolute atomic E-state index is 0.0685. The topological polar surface area (TPSA) is 50.2 Å². The Balaban J connectivity index is 1.80. The van der Waals surface area contributed by atoms with E-state index in [0.717, 1.165) is 36.1 Å². The molecular weight excluding hydrogens is 344 g/mol. The molecule has 0 spiro atoms. The number of nitrogens with one attached hydrogen (secondary N) is 1. The first-order valence-corrected chi connectivity index (χ1v) is 8.24. The fourth-order valence-electron chi connectivity index (χ4n) is 2.91. The normalized spacial score (nSPS) is 17.9. The highest BCUT2D eigenvalue weighted by molar-refractivity contribution is 9.10. The van der Waals surface area contributed by atoms with Crippen molar-refractivity contribution in [1.82, 2.24) is 20.0 Å². The van der Waals surface area contributed by atoms with E-state index in [9.17, 15) is 4.79 Å². The number of amides is 1. The number of carbonyl (C=O) groups excluding carboxylic acids is 1. The summed E-state index contributed by atoms with van der Waals surface area (Å²) < 4.78 is 2.73. The summed E-state index contributed by atoms with van der Waals surface area (Å²) in [6, 6.07) is 8.14. The molecule has 2 aromatic rings. The van der Waals surface area contributed by atoms with Crippen LogP contribution in [0.15, 0.2) is 41.1 Å². The van der Waals surface area contributed by atoms with E-state index in [-0.39, 0.29) is 11.9 Å². The third-order valence-electron chi connectivity index (χ3n) is 3.98. The molecule has 6 heteroatoms. The lowest BCUT2D eigenvalue weighted by atomic mass is 10.2. The van der Waals surface area contributed by atoms with E-state index >= 15 is 0 Å². The zero-order valence-corrected chi connectivity index (χ0v) is 14.1. The highest BCUT2D eigenvalue weighted by atomic mass is 79.9. The second kappa shape index (κ2) is 6.62. The van der Waals surface area contributed by atoms with Gasteiger partial charge < -0.3 is 10.2 Å². The van der Waals surface area contributed by atoms with Gasteiger partial charge in [0.25, 0.3) is 5.91 Å². The Morgan fingerprint density at radius 2 is 2.36 bits per heavy atom. The van der Waals surface area contributed by atoms with Crippen molar-refractivity contribution in [3.63, 3.8) is 0 Å². The van der Waals surface area contributed by atoms with Gasteiger partial charge in [-0.3, -0.25) is 4.79 Å². The van der Waals surface area contributed by atoms with Crippen LogP contribution in [0.3, 0.4) is 0 Å². The summed E-state index contributed by atoms with van der Waals surface area (Å²) in [5.74, 6) is 0.0685. The largest absolute Gasteiger partial charge is 0.334 e. The Morgan fingerprint density at radius 1 is 1.50 bits per heavy atom. The molecule has 2 heterocycles. The van der Waals surface area contributed by atoms with Crippen LogP contribution in [0.2, 0.25) is 0 Å². The summed E-state index contributed by atoms with van der Waals surface area (Å²) in [6.45, 7) is 1.67. The summed E-state index contributed by atoms with van der Waals surface area (Å²) in [5.41, 5.74) is 1.57. The highest BCUT2D eigenvalue weighted by Crippen LogP contribution is 2.20. The van der Waals surface area contributed by atoms with Gasteiger partial charge in [-0.15, -0.1) is 0 Å². The monoisotopic (exact) mass is 362 g/mol. The number of aromatic nitrogens is 2. The van der Waals surface area contributed by atoms with Crippen molar-refractivity contribution in [3.05, 3.63) is 46.7 Å². The van der Waals surface area contributed by atoms with Gasteiger partial charge in [-0.2, -0.15) is 5.10 Å². The van der Waals surface area contributed by atoms with Crippen LogP contribution < -0.4 is 5.32 Å². The summed E-state index contributed by atoms with van der Waals surface area (Å²) in [7, 11) is 1.92. The Bertz CT molecular complexity index is 670. The van der Waals surface area contributed by atoms with Crippen LogP contribution in [-0.4, -0.2) is 46.8 Å². The highest BCUT2D eigenvalue weighted by Gasteiger charge is 2.29. The van der Waals surface area contributed by atoms with Gasteiger partial charge in [0, 0.05) is 29.8 Å². The van der Waals surface area contributed by atoms with Crippen molar-refractivity contribution >= 4 is 21.8 Å². The molecule has 3 rings (SSSR count). The molecule has 22 heavy (non-hydrogen) atoms. The van der Waals surface area contributed by atoms with E-state index in [0.29, 0.717) is 5.56 Å². The van der Waals surface area contributed by atoms with Crippen LogP contribution >= 0.6 is 15.9 Å². The first-order valence-electron chi connectivity index (χ1n) is 7.45. The van der Waals surface area contributed by atoms with Gasteiger partial charge in [-0.25, -0.2) is 4.68 Å². The number of nitrogens with zero attached hydrogens (tertiary/aromatic N) is 3. The SMILES string of the molecule is CNCC1CCCN1C(=O)c1cnn(-c2cccc(Br)c2)c1. The van der Waals surface area contributed by atoms with Crippen molar-refractivity contribution in [2.75, 3.05) is 20.1 Å². The van der Waals surface area contributed by atoms with Crippen LogP contribution in [0.5, 0.6) is 0 Å². The molecular formula is C16H19BrN4O. The molecule has 1 unspecified atom stereocenters. The number of benzene rings is 1. The summed E-state index contributed by atoms with van der Waals surface area (Å²) in [6.07, 6.45) is 5.58. The molecule has 1 fully saturated rings. The Hall–Kier alpha value is -1.66. The fraction of sp³-hybridized carbons (Fsp3) is 0.375. The standard InChI is InChI=1S/C16H19BrN4O/c1-18-10-15-6-3-7-20(15)16(22)12-9-19-21(11-12)14-5-2-4-13(17)8-14/h2,4-5,8-9,11,15,18H,3,6-7,10H2,1H3. The smallest absolute Gasteiger partial charge is 0.257 e. The van der Waals surface area contributed by atoms with Gasteiger partial charge >= 0.3 is 0 Å². The summed E-state index contributed by atoms with van der Waals surface area (Å²) >= 11 is 3.45. The molecule has 0 bridgehead atoms. The molecule has 1 atom stereocenters. The number of carbonyl (C=O) groups is 1. The first-order chi connectivity index (χ1) is 10.7. The van der Waals surface area contributed by atoms with E-state index in [1.54, 1.807) is 17.1 Å². The van der Waals surface area contributed by atoms with Crippen molar-refractivity contribution < 1.29 is 4.79 Å². The minimum atomic E-state index is 0.0685. The Kier molecular flexibility index (Phi) is 4.59. The maximum atomic E-state index is 12.7. The average Bonchev–Trinajstić information content (AvgIpc) is 3.16. The van der Waals surface area contributed by atoms with Gasteiger partial charge in [0.15, 0.2) is 0 Å². The molecule has 116 valence electrons. The Morgan fingerprint density at radius 3 is 3.14 bits per heavy atom. The van der Waals surface area contributed by atoms with Gasteiger partial charge in [-0.05, 0) is 38.1 Å². The second-order valence-electron chi connectivity index (χ2n) is 5.51. The maximum Gasteiger partial charge on any atom is 0.257 e. The number of likely N-dealkylation sites (tertiary alicyclic amines) is 1. The van der Waals surface area contributed by atoms with Crippen molar-refractivity contribution in [2.45, 2.75) is 18.9 Å². The molecule has 0 aliphatic carbocycles. The molecule has 1 N–H and O–H groups in total. The lowest BCUT2D eigenvalue weighted by Crippen LogP contribution is -2.40. The van der Waals surface area contributed by atoms with E-state index in [1.807, 2.05) is 36.2 Å². The number of rotatable bonds is 4. The number of likely N-dealkylation sites (N-methyl/N-ethyl adjacent to an activating group) is 1. The lowest BCUT2D eigenvalue weighted by molar-refractivity contribution is 0.0737. The number of halogens is 1. The molecule has 0 radical (unpaired) electrons. The van der Waals surface area contributed by atoms with Crippen LogP contribution in [0.4, 0.5) is 0 Å². The van der Waals surface area contributed by atoms with E-state index in [1.165, 1.54) is 0 Å². The maximum absolute atomic E-state index is 12.7. The molecule has 1 saturated heterocycles. The number of hydrogen-bond donors (Lipinski definition) is 1. The zero-order chi connectivity index (χ0) is 15.5. The minimum Gasteiger partial charge on any atom is -0.334 e. The van der Waals surface area contributed by atoms with E-state index < -0.39 is 0 Å². The fourth-order valence-corrected chi connectivity index (χ4v) is 3.30. The van der Waals surface area contributed by atoms with Crippen LogP contribution in [-0.2, 0) is 0 Å². The molecule has 1 aliphatic rings. The predicted octanol–water partition coefficient (Wildman–Crippen LogP) is 2.46. The van der Waals surface area contributed by atoms with Gasteiger partial charge in [-0.1, -0.05) is 22.0 Å². The third-order valence-corrected chi connectivity index (χ3v) is 4.47. The first kappa shape index (κ1) is 15.2. The Labute approximate surface area is 138 Å². The van der Waals surface area contributed by atoms with Crippen LogP contribution in [0, 0.1) is 0 Å². The lowest BCUT2D eigenvalue weighted by Gasteiger charge is -2.23. The number of hydrogen-bond acceptors (Lipinski definition) is 3. The van der Waals surface area contributed by atoms with Gasteiger partial charge in [0.05, 0.1) is 17.4 Å². The quantitative estimate of drug-likeness (QED) is 0.908. The van der Waals surface area contributed by atoms with Crippen molar-refractivity contribution in [3.8, 4) is 5.69 Å². The predicted molar refractivity (Wildman–Crippen MR) is 89.2 cm³/mol. The molecule has 1 aromatic carbocycles. The van der Waals surface area contributed by atoms with E-state index in [4.69, 9.17) is 0 Å². The molecule has 1 amide bonds. The summed E-state index contributed by atoms with van der Waals surface area (Å²) in [5, 5.41) is 7.49. The summed E-state index contributed by atoms with van der Waals surface area (Å²) in [4.78, 5) is 14.6. The third kappa shape index (κ3) is 3.08. The van der Waals surface area contributed by atoms with Gasteiger partial charge in [0.2, 0.25) is 0 Å². The van der Waals surface area contributed by atoms with E-state index in [2.05, 4.69) is 26.3 Å². The van der Waals surface area contributed by atoms with Gasteiger partial charge in [0.1, 0.15) is 0 Å². The van der Waals surface area contributed by atoms with Crippen LogP contribution in [0.25, 0.3) is 5.69 Å². The molecule has 0 saturated carbocycles. The molecule has 1 aromatic heterocycles. The zero-order valence-electron chi connectivity index (χ0n) is 12.5. The molecule has 5 nitrogen and oxygen atoms in total. The van der Waals surface area contributed by atoms with Crippen LogP contribution in [0.1, 0.15) is 23.2 Å².